The summed E-state index contributed by atoms with van der Waals surface area (Å²) in [5.41, 5.74) is 8.84. The number of rotatable bonds is 6. The first kappa shape index (κ1) is 22.3. The van der Waals surface area contributed by atoms with Gasteiger partial charge < -0.3 is 0 Å². The Kier molecular flexibility index (Phi) is 6.83. The highest BCUT2D eigenvalue weighted by atomic mass is 32.2. The van der Waals surface area contributed by atoms with Crippen molar-refractivity contribution in [3.63, 3.8) is 0 Å². The van der Waals surface area contributed by atoms with Crippen LogP contribution in [0.2, 0.25) is 0 Å². The van der Waals surface area contributed by atoms with Gasteiger partial charge in [0, 0.05) is 12.0 Å². The number of hydrazine groups is 1. The van der Waals surface area contributed by atoms with Gasteiger partial charge in [0.15, 0.2) is 0 Å². The molecule has 2 aromatic rings. The van der Waals surface area contributed by atoms with Crippen LogP contribution in [0, 0.1) is 5.92 Å². The van der Waals surface area contributed by atoms with E-state index >= 15 is 0 Å². The molecule has 0 spiro atoms. The van der Waals surface area contributed by atoms with Gasteiger partial charge in [-0.15, -0.1) is 0 Å². The van der Waals surface area contributed by atoms with Crippen LogP contribution in [-0.2, 0) is 14.8 Å². The van der Waals surface area contributed by atoms with Gasteiger partial charge in [-0.2, -0.15) is 0 Å². The molecule has 0 saturated heterocycles. The van der Waals surface area contributed by atoms with Crippen molar-refractivity contribution in [3.05, 3.63) is 54.6 Å². The topological polar surface area (TPSA) is 87.3 Å². The van der Waals surface area contributed by atoms with E-state index in [2.05, 4.69) is 27.7 Å². The molecule has 162 valence electrons. The highest BCUT2D eigenvalue weighted by Crippen LogP contribution is 2.27. The molecule has 0 atom stereocenters. The lowest BCUT2D eigenvalue weighted by Crippen LogP contribution is -2.47. The normalized spacial score (nSPS) is 19.8. The summed E-state index contributed by atoms with van der Waals surface area (Å²) in [4.78, 5) is 12.5. The molecular formula is C23H31N3O3S. The second-order valence-corrected chi connectivity index (χ2v) is 11.3. The third-order valence-electron chi connectivity index (χ3n) is 5.55. The second kappa shape index (κ2) is 9.18. The van der Waals surface area contributed by atoms with E-state index in [0.717, 1.165) is 16.8 Å². The van der Waals surface area contributed by atoms with Gasteiger partial charge in [0.2, 0.25) is 15.9 Å². The third-order valence-corrected chi connectivity index (χ3v) is 7.80. The van der Waals surface area contributed by atoms with Gasteiger partial charge in [0.1, 0.15) is 0 Å². The molecule has 3 rings (SSSR count). The van der Waals surface area contributed by atoms with Crippen LogP contribution in [0.15, 0.2) is 54.6 Å². The van der Waals surface area contributed by atoms with Gasteiger partial charge in [-0.3, -0.25) is 15.6 Å². The van der Waals surface area contributed by atoms with Gasteiger partial charge >= 0.3 is 0 Å². The highest BCUT2D eigenvalue weighted by molar-refractivity contribution is 7.90. The van der Waals surface area contributed by atoms with E-state index < -0.39 is 14.8 Å². The zero-order valence-electron chi connectivity index (χ0n) is 17.8. The number of amides is 1. The lowest BCUT2D eigenvalue weighted by molar-refractivity contribution is -0.125. The fourth-order valence-electron chi connectivity index (χ4n) is 3.48. The molecule has 3 N–H and O–H groups in total. The molecule has 0 heterocycles. The van der Waals surface area contributed by atoms with Crippen LogP contribution >= 0.6 is 0 Å². The SMILES string of the molecule is CC(C)(C)S(=O)(=O)NC1CCC(C(=O)NNc2ccc(-c3ccccc3)cc2)CC1. The number of hydrogen-bond acceptors (Lipinski definition) is 4. The third kappa shape index (κ3) is 5.61. The molecule has 0 bridgehead atoms. The summed E-state index contributed by atoms with van der Waals surface area (Å²) >= 11 is 0. The number of carbonyl (C=O) groups excluding carboxylic acids is 1. The quantitative estimate of drug-likeness (QED) is 0.604. The number of benzene rings is 2. The van der Waals surface area contributed by atoms with Crippen LogP contribution in [0.5, 0.6) is 0 Å². The molecule has 0 radical (unpaired) electrons. The van der Waals surface area contributed by atoms with E-state index in [9.17, 15) is 13.2 Å². The smallest absolute Gasteiger partial charge is 0.241 e. The summed E-state index contributed by atoms with van der Waals surface area (Å²) in [7, 11) is -3.37. The monoisotopic (exact) mass is 429 g/mol. The van der Waals surface area contributed by atoms with Crippen LogP contribution in [0.3, 0.4) is 0 Å². The molecular weight excluding hydrogens is 398 g/mol. The maximum atomic E-state index is 12.5. The average Bonchev–Trinajstić information content (AvgIpc) is 2.72. The molecule has 7 heteroatoms. The van der Waals surface area contributed by atoms with Crippen LogP contribution < -0.4 is 15.6 Å². The number of hydrogen-bond donors (Lipinski definition) is 3. The minimum atomic E-state index is -3.37. The van der Waals surface area contributed by atoms with Crippen molar-refractivity contribution in [3.8, 4) is 11.1 Å². The Morgan fingerprint density at radius 3 is 2.00 bits per heavy atom. The van der Waals surface area contributed by atoms with Crippen LogP contribution in [-0.4, -0.2) is 25.1 Å². The predicted octanol–water partition coefficient (Wildman–Crippen LogP) is 4.07. The molecule has 0 aliphatic heterocycles. The van der Waals surface area contributed by atoms with E-state index in [1.807, 2.05) is 42.5 Å². The summed E-state index contributed by atoms with van der Waals surface area (Å²) in [5, 5.41) is 0. The van der Waals surface area contributed by atoms with Gasteiger partial charge in [0.25, 0.3) is 0 Å². The standard InChI is InChI=1S/C23H31N3O3S/c1-23(2,3)30(28,29)26-21-15-11-19(12-16-21)22(27)25-24-20-13-9-18(10-14-20)17-7-5-4-6-8-17/h4-10,13-14,19,21,24,26H,11-12,15-16H2,1-3H3,(H,25,27). The Morgan fingerprint density at radius 1 is 0.867 bits per heavy atom. The summed E-state index contributed by atoms with van der Waals surface area (Å²) in [6.45, 7) is 5.06. The van der Waals surface area contributed by atoms with Crippen LogP contribution in [0.4, 0.5) is 5.69 Å². The van der Waals surface area contributed by atoms with Gasteiger partial charge in [-0.1, -0.05) is 42.5 Å². The van der Waals surface area contributed by atoms with Crippen molar-refractivity contribution in [2.75, 3.05) is 5.43 Å². The van der Waals surface area contributed by atoms with Crippen molar-refractivity contribution < 1.29 is 13.2 Å². The first-order valence-electron chi connectivity index (χ1n) is 10.4. The fraction of sp³-hybridized carbons (Fsp3) is 0.435. The lowest BCUT2D eigenvalue weighted by Gasteiger charge is -2.30. The first-order valence-corrected chi connectivity index (χ1v) is 11.9. The minimum Gasteiger partial charge on any atom is -0.299 e. The Balaban J connectivity index is 1.46. The Bertz CT molecular complexity index is 943. The van der Waals surface area contributed by atoms with E-state index in [-0.39, 0.29) is 17.9 Å². The second-order valence-electron chi connectivity index (χ2n) is 8.84. The summed E-state index contributed by atoms with van der Waals surface area (Å²) in [5.74, 6) is -0.171. The largest absolute Gasteiger partial charge is 0.299 e. The number of nitrogens with one attached hydrogen (secondary N) is 3. The van der Waals surface area contributed by atoms with E-state index in [1.54, 1.807) is 20.8 Å². The molecule has 1 aliphatic rings. The molecule has 1 amide bonds. The molecule has 1 saturated carbocycles. The van der Waals surface area contributed by atoms with Gasteiger partial charge in [0.05, 0.1) is 10.4 Å². The van der Waals surface area contributed by atoms with Crippen molar-refractivity contribution in [1.82, 2.24) is 10.1 Å². The molecule has 1 fully saturated rings. The molecule has 6 nitrogen and oxygen atoms in total. The van der Waals surface area contributed by atoms with E-state index in [4.69, 9.17) is 0 Å². The summed E-state index contributed by atoms with van der Waals surface area (Å²) in [6, 6.07) is 17.9. The van der Waals surface area contributed by atoms with Crippen molar-refractivity contribution in [1.29, 1.82) is 0 Å². The average molecular weight is 430 g/mol. The van der Waals surface area contributed by atoms with Crippen LogP contribution in [0.1, 0.15) is 46.5 Å². The maximum absolute atomic E-state index is 12.5. The lowest BCUT2D eigenvalue weighted by atomic mass is 9.86. The molecule has 1 aliphatic carbocycles. The number of carbonyl (C=O) groups is 1. The molecule has 2 aromatic carbocycles. The van der Waals surface area contributed by atoms with Crippen molar-refractivity contribution in [2.45, 2.75) is 57.2 Å². The number of anilines is 1. The highest BCUT2D eigenvalue weighted by Gasteiger charge is 2.34. The molecule has 0 aromatic heterocycles. The summed E-state index contributed by atoms with van der Waals surface area (Å²) in [6.07, 6.45) is 2.66. The Hall–Kier alpha value is -2.38. The Morgan fingerprint density at radius 2 is 1.43 bits per heavy atom. The maximum Gasteiger partial charge on any atom is 0.241 e. The zero-order chi connectivity index (χ0) is 21.8. The zero-order valence-corrected chi connectivity index (χ0v) is 18.6. The first-order chi connectivity index (χ1) is 14.2. The number of sulfonamides is 1. The van der Waals surface area contributed by atoms with E-state index in [1.165, 1.54) is 0 Å². The Labute approximate surface area is 179 Å². The minimum absolute atomic E-state index is 0.0562. The van der Waals surface area contributed by atoms with Crippen molar-refractivity contribution in [2.24, 2.45) is 5.92 Å². The van der Waals surface area contributed by atoms with Gasteiger partial charge in [-0.05, 0) is 69.7 Å². The fourth-order valence-corrected chi connectivity index (χ4v) is 4.51. The van der Waals surface area contributed by atoms with Gasteiger partial charge in [-0.25, -0.2) is 13.1 Å². The summed E-state index contributed by atoms with van der Waals surface area (Å²) < 4.78 is 26.6. The predicted molar refractivity (Wildman–Crippen MR) is 121 cm³/mol. The molecule has 0 unspecified atom stereocenters. The van der Waals surface area contributed by atoms with E-state index in [0.29, 0.717) is 25.7 Å². The van der Waals surface area contributed by atoms with Crippen LogP contribution in [0.25, 0.3) is 11.1 Å². The molecule has 30 heavy (non-hydrogen) atoms. The van der Waals surface area contributed by atoms with Crippen molar-refractivity contribution >= 4 is 21.6 Å².